The van der Waals surface area contributed by atoms with Crippen LogP contribution in [0, 0.1) is 6.92 Å². The summed E-state index contributed by atoms with van der Waals surface area (Å²) in [6.07, 6.45) is 0. The van der Waals surface area contributed by atoms with Crippen molar-refractivity contribution in [1.82, 2.24) is 4.90 Å². The minimum Gasteiger partial charge on any atom is -0.492 e. The van der Waals surface area contributed by atoms with Crippen LogP contribution in [-0.4, -0.2) is 44.2 Å². The average Bonchev–Trinajstić information content (AvgIpc) is 2.63. The van der Waals surface area contributed by atoms with Gasteiger partial charge in [0.2, 0.25) is 0 Å². The summed E-state index contributed by atoms with van der Waals surface area (Å²) >= 11 is 0. The van der Waals surface area contributed by atoms with Crippen molar-refractivity contribution in [3.63, 3.8) is 0 Å². The molecule has 2 rings (SSSR count). The Labute approximate surface area is 147 Å². The fraction of sp³-hybridized carbons (Fsp3) is 0.263. The van der Waals surface area contributed by atoms with Crippen LogP contribution >= 0.6 is 0 Å². The number of rotatable bonds is 6. The van der Waals surface area contributed by atoms with Crippen LogP contribution in [0.3, 0.4) is 0 Å². The lowest BCUT2D eigenvalue weighted by atomic mass is 10.1. The standard InChI is InChI=1S/C19H22N2O4/c1-14-9-10-15(18(22)24-3)13-17(14)20-19(23)21(2)11-12-25-16-7-5-4-6-8-16/h4-10,13H,11-12H2,1-3H3,(H,20,23). The second-order valence-electron chi connectivity index (χ2n) is 5.53. The Morgan fingerprint density at radius 3 is 2.52 bits per heavy atom. The molecule has 0 saturated carbocycles. The molecule has 0 atom stereocenters. The molecule has 2 aromatic carbocycles. The number of anilines is 1. The average molecular weight is 342 g/mol. The third-order valence-electron chi connectivity index (χ3n) is 3.69. The summed E-state index contributed by atoms with van der Waals surface area (Å²) in [5.41, 5.74) is 1.82. The van der Waals surface area contributed by atoms with Gasteiger partial charge in [-0.2, -0.15) is 0 Å². The Kier molecular flexibility index (Phi) is 6.39. The first-order valence-electron chi connectivity index (χ1n) is 7.90. The van der Waals surface area contributed by atoms with Gasteiger partial charge in [0.1, 0.15) is 12.4 Å². The molecule has 0 aromatic heterocycles. The van der Waals surface area contributed by atoms with E-state index in [0.717, 1.165) is 11.3 Å². The van der Waals surface area contributed by atoms with E-state index in [1.54, 1.807) is 25.2 Å². The monoisotopic (exact) mass is 342 g/mol. The van der Waals surface area contributed by atoms with Crippen LogP contribution in [0.1, 0.15) is 15.9 Å². The number of esters is 1. The fourth-order valence-electron chi connectivity index (χ4n) is 2.13. The number of hydrogen-bond acceptors (Lipinski definition) is 4. The molecule has 0 radical (unpaired) electrons. The number of methoxy groups -OCH3 is 1. The van der Waals surface area contributed by atoms with Gasteiger partial charge >= 0.3 is 12.0 Å². The minimum absolute atomic E-state index is 0.276. The minimum atomic E-state index is -0.444. The number of hydrogen-bond donors (Lipinski definition) is 1. The Balaban J connectivity index is 1.91. The highest BCUT2D eigenvalue weighted by molar-refractivity contribution is 5.94. The molecule has 0 aliphatic rings. The van der Waals surface area contributed by atoms with Gasteiger partial charge in [-0.25, -0.2) is 9.59 Å². The largest absolute Gasteiger partial charge is 0.492 e. The van der Waals surface area contributed by atoms with Crippen molar-refractivity contribution in [3.05, 3.63) is 59.7 Å². The molecular formula is C19H22N2O4. The molecular weight excluding hydrogens is 320 g/mol. The van der Waals surface area contributed by atoms with Crippen molar-refractivity contribution in [2.45, 2.75) is 6.92 Å². The number of aryl methyl sites for hydroxylation is 1. The smallest absolute Gasteiger partial charge is 0.337 e. The normalized spacial score (nSPS) is 10.0. The molecule has 0 bridgehead atoms. The van der Waals surface area contributed by atoms with E-state index >= 15 is 0 Å². The van der Waals surface area contributed by atoms with Gasteiger partial charge in [-0.15, -0.1) is 0 Å². The molecule has 6 nitrogen and oxygen atoms in total. The zero-order valence-electron chi connectivity index (χ0n) is 14.6. The highest BCUT2D eigenvalue weighted by atomic mass is 16.5. The summed E-state index contributed by atoms with van der Waals surface area (Å²) in [5, 5.41) is 2.80. The number of benzene rings is 2. The van der Waals surface area contributed by atoms with Gasteiger partial charge < -0.3 is 19.7 Å². The quantitative estimate of drug-likeness (QED) is 0.818. The molecule has 0 fully saturated rings. The Morgan fingerprint density at radius 1 is 1.12 bits per heavy atom. The number of urea groups is 1. The third kappa shape index (κ3) is 5.24. The molecule has 0 heterocycles. The van der Waals surface area contributed by atoms with E-state index in [9.17, 15) is 9.59 Å². The number of nitrogens with one attached hydrogen (secondary N) is 1. The molecule has 0 unspecified atom stereocenters. The van der Waals surface area contributed by atoms with Crippen LogP contribution in [-0.2, 0) is 4.74 Å². The van der Waals surface area contributed by atoms with Gasteiger partial charge in [-0.05, 0) is 36.8 Å². The molecule has 132 valence electrons. The zero-order chi connectivity index (χ0) is 18.2. The number of amides is 2. The molecule has 25 heavy (non-hydrogen) atoms. The van der Waals surface area contributed by atoms with Gasteiger partial charge in [0.15, 0.2) is 0 Å². The first-order valence-corrected chi connectivity index (χ1v) is 7.90. The number of nitrogens with zero attached hydrogens (tertiary/aromatic N) is 1. The summed E-state index contributed by atoms with van der Waals surface area (Å²) in [6, 6.07) is 14.2. The fourth-order valence-corrected chi connectivity index (χ4v) is 2.13. The van der Waals surface area contributed by atoms with Gasteiger partial charge in [0, 0.05) is 12.7 Å². The van der Waals surface area contributed by atoms with Crippen LogP contribution in [0.2, 0.25) is 0 Å². The molecule has 2 amide bonds. The molecule has 1 N–H and O–H groups in total. The summed E-state index contributed by atoms with van der Waals surface area (Å²) in [4.78, 5) is 25.4. The number of ether oxygens (including phenoxy) is 2. The van der Waals surface area contributed by atoms with Crippen molar-refractivity contribution in [3.8, 4) is 5.75 Å². The topological polar surface area (TPSA) is 67.9 Å². The van der Waals surface area contributed by atoms with E-state index in [0.29, 0.717) is 24.4 Å². The first-order chi connectivity index (χ1) is 12.0. The van der Waals surface area contributed by atoms with Gasteiger partial charge in [0.05, 0.1) is 19.2 Å². The predicted molar refractivity (Wildman–Crippen MR) is 96.1 cm³/mol. The number of likely N-dealkylation sites (N-methyl/N-ethyl adjacent to an activating group) is 1. The maximum atomic E-state index is 12.3. The van der Waals surface area contributed by atoms with Crippen LogP contribution < -0.4 is 10.1 Å². The maximum Gasteiger partial charge on any atom is 0.337 e. The van der Waals surface area contributed by atoms with Crippen molar-refractivity contribution in [2.24, 2.45) is 0 Å². The second kappa shape index (κ2) is 8.73. The molecule has 0 aliphatic heterocycles. The molecule has 2 aromatic rings. The zero-order valence-corrected chi connectivity index (χ0v) is 14.6. The van der Waals surface area contributed by atoms with E-state index in [4.69, 9.17) is 9.47 Å². The number of para-hydroxylation sites is 1. The molecule has 0 aliphatic carbocycles. The van der Waals surface area contributed by atoms with Gasteiger partial charge in [-0.3, -0.25) is 0 Å². The predicted octanol–water partition coefficient (Wildman–Crippen LogP) is 3.32. The van der Waals surface area contributed by atoms with Gasteiger partial charge in [-0.1, -0.05) is 24.3 Å². The summed E-state index contributed by atoms with van der Waals surface area (Å²) in [6.45, 7) is 2.67. The first kappa shape index (κ1) is 18.3. The van der Waals surface area contributed by atoms with Crippen molar-refractivity contribution < 1.29 is 19.1 Å². The van der Waals surface area contributed by atoms with Crippen LogP contribution in [0.25, 0.3) is 0 Å². The maximum absolute atomic E-state index is 12.3. The van der Waals surface area contributed by atoms with Gasteiger partial charge in [0.25, 0.3) is 0 Å². The Hall–Kier alpha value is -3.02. The van der Waals surface area contributed by atoms with Crippen LogP contribution in [0.4, 0.5) is 10.5 Å². The number of carbonyl (C=O) groups excluding carboxylic acids is 2. The molecule has 6 heteroatoms. The van der Waals surface area contributed by atoms with E-state index < -0.39 is 5.97 Å². The lowest BCUT2D eigenvalue weighted by molar-refractivity contribution is 0.0600. The highest BCUT2D eigenvalue weighted by Gasteiger charge is 2.13. The highest BCUT2D eigenvalue weighted by Crippen LogP contribution is 2.18. The van der Waals surface area contributed by atoms with Crippen molar-refractivity contribution >= 4 is 17.7 Å². The van der Waals surface area contributed by atoms with Crippen LogP contribution in [0.5, 0.6) is 5.75 Å². The number of carbonyl (C=O) groups is 2. The van der Waals surface area contributed by atoms with E-state index in [1.807, 2.05) is 37.3 Å². The summed E-state index contributed by atoms with van der Waals surface area (Å²) in [5.74, 6) is 0.318. The Bertz CT molecular complexity index is 731. The summed E-state index contributed by atoms with van der Waals surface area (Å²) < 4.78 is 10.3. The Morgan fingerprint density at radius 2 is 1.84 bits per heavy atom. The summed E-state index contributed by atoms with van der Waals surface area (Å²) in [7, 11) is 3.00. The van der Waals surface area contributed by atoms with E-state index in [-0.39, 0.29) is 6.03 Å². The van der Waals surface area contributed by atoms with E-state index in [1.165, 1.54) is 12.0 Å². The third-order valence-corrected chi connectivity index (χ3v) is 3.69. The SMILES string of the molecule is COC(=O)c1ccc(C)c(NC(=O)N(C)CCOc2ccccc2)c1. The lowest BCUT2D eigenvalue weighted by Gasteiger charge is -2.19. The van der Waals surface area contributed by atoms with E-state index in [2.05, 4.69) is 5.32 Å². The molecule has 0 spiro atoms. The lowest BCUT2D eigenvalue weighted by Crippen LogP contribution is -2.34. The van der Waals surface area contributed by atoms with Crippen LogP contribution in [0.15, 0.2) is 48.5 Å². The molecule has 0 saturated heterocycles. The van der Waals surface area contributed by atoms with Crippen molar-refractivity contribution in [1.29, 1.82) is 0 Å². The second-order valence-corrected chi connectivity index (χ2v) is 5.53. The van der Waals surface area contributed by atoms with Crippen molar-refractivity contribution in [2.75, 3.05) is 32.6 Å².